The van der Waals surface area contributed by atoms with Gasteiger partial charge in [-0.3, -0.25) is 14.4 Å². The summed E-state index contributed by atoms with van der Waals surface area (Å²) in [6.07, 6.45) is 102. The monoisotopic (exact) mass is 1140 g/mol. The Morgan fingerprint density at radius 1 is 0.253 bits per heavy atom. The Morgan fingerprint density at radius 2 is 0.482 bits per heavy atom. The maximum Gasteiger partial charge on any atom is 0.306 e. The summed E-state index contributed by atoms with van der Waals surface area (Å²) in [6, 6.07) is 0. The SMILES string of the molecule is CC/C=C\C/C=C\C/C=C\C/C=C\C/C=C\C/C=C\C/C=C\CCCC(=O)OC(COC(=O)CCC/C=C\C/C=C\C/C=C\C/C=C\C/C=C\CC)COC(=O)CCCCCCCCCCCCCCC/C=C\C/C=C\CCCCCCC. The fourth-order valence-electron chi connectivity index (χ4n) is 8.73. The van der Waals surface area contributed by atoms with Crippen molar-refractivity contribution in [2.45, 2.75) is 284 Å². The lowest BCUT2D eigenvalue weighted by atomic mass is 10.0. The standard InChI is InChI=1S/C77H122O6/c1-4-7-10-13-16-19-22-25-28-31-33-35-37-38-40-41-43-46-49-52-55-58-61-64-67-70-76(79)82-73-74(72-81-75(78)69-66-63-60-57-54-51-48-45-30-27-24-21-18-15-12-9-6-3)83-77(80)71-68-65-62-59-56-53-50-47-44-42-39-36-34-32-29-26-23-20-17-14-11-8-5-2/h8-9,11-12,17-18,20-22,25-27,29-31,33-34,36,42,44,48,50-51,53,57,59-60,62,74H,4-7,10,13-16,19,23-24,28,32,35,37-41,43,45-47,49,52,54-56,58,61,63-73H2,1-3H3/b11-8-,12-9-,20-17-,21-18-,25-22-,29-26-,30-27-,33-31-,36-34-,44-42-,51-48-,53-50-,60-57-,62-59-. The van der Waals surface area contributed by atoms with E-state index in [1.54, 1.807) is 0 Å². The zero-order valence-corrected chi connectivity index (χ0v) is 53.4. The van der Waals surface area contributed by atoms with Gasteiger partial charge in [-0.05, 0) is 141 Å². The third kappa shape index (κ3) is 67.4. The molecule has 0 aliphatic carbocycles. The lowest BCUT2D eigenvalue weighted by Crippen LogP contribution is -2.30. The first-order valence-electron chi connectivity index (χ1n) is 33.6. The molecule has 0 aliphatic rings. The summed E-state index contributed by atoms with van der Waals surface area (Å²) < 4.78 is 16.8. The smallest absolute Gasteiger partial charge is 0.306 e. The number of carbonyl (C=O) groups excluding carboxylic acids is 3. The second-order valence-electron chi connectivity index (χ2n) is 21.6. The second-order valence-corrected chi connectivity index (χ2v) is 21.6. The molecule has 6 heteroatoms. The van der Waals surface area contributed by atoms with E-state index in [1.165, 1.54) is 109 Å². The van der Waals surface area contributed by atoms with Gasteiger partial charge in [-0.2, -0.15) is 0 Å². The molecular weight excluding hydrogens is 1020 g/mol. The molecule has 0 aromatic carbocycles. The molecule has 0 aromatic heterocycles. The maximum absolute atomic E-state index is 12.9. The van der Waals surface area contributed by atoms with Gasteiger partial charge in [0.25, 0.3) is 0 Å². The van der Waals surface area contributed by atoms with Crippen LogP contribution >= 0.6 is 0 Å². The summed E-state index contributed by atoms with van der Waals surface area (Å²) >= 11 is 0. The van der Waals surface area contributed by atoms with Gasteiger partial charge in [-0.15, -0.1) is 0 Å². The van der Waals surface area contributed by atoms with E-state index in [1.807, 2.05) is 0 Å². The Bertz CT molecular complexity index is 1890. The molecule has 0 amide bonds. The van der Waals surface area contributed by atoms with Crippen LogP contribution in [0.3, 0.4) is 0 Å². The van der Waals surface area contributed by atoms with Crippen LogP contribution in [-0.4, -0.2) is 37.2 Å². The predicted molar refractivity (Wildman–Crippen MR) is 361 cm³/mol. The van der Waals surface area contributed by atoms with Crippen molar-refractivity contribution in [2.75, 3.05) is 13.2 Å². The van der Waals surface area contributed by atoms with Crippen LogP contribution < -0.4 is 0 Å². The van der Waals surface area contributed by atoms with Crippen LogP contribution in [0.15, 0.2) is 170 Å². The third-order valence-electron chi connectivity index (χ3n) is 13.7. The summed E-state index contributed by atoms with van der Waals surface area (Å²) in [4.78, 5) is 38.4. The molecule has 0 aliphatic heterocycles. The van der Waals surface area contributed by atoms with Crippen molar-refractivity contribution in [2.24, 2.45) is 0 Å². The minimum absolute atomic E-state index is 0.126. The van der Waals surface area contributed by atoms with Crippen molar-refractivity contribution >= 4 is 17.9 Å². The molecule has 0 N–H and O–H groups in total. The largest absolute Gasteiger partial charge is 0.462 e. The summed E-state index contributed by atoms with van der Waals surface area (Å²) in [5.74, 6) is -1.05. The number of unbranched alkanes of at least 4 members (excludes halogenated alkanes) is 20. The number of hydrogen-bond acceptors (Lipinski definition) is 6. The van der Waals surface area contributed by atoms with Gasteiger partial charge in [0, 0.05) is 19.3 Å². The second kappa shape index (κ2) is 69.3. The Hall–Kier alpha value is -5.23. The summed E-state index contributed by atoms with van der Waals surface area (Å²) in [5, 5.41) is 0. The lowest BCUT2D eigenvalue weighted by molar-refractivity contribution is -0.167. The average Bonchev–Trinajstić information content (AvgIpc) is 3.49. The van der Waals surface area contributed by atoms with Crippen LogP contribution in [0.2, 0.25) is 0 Å². The molecule has 466 valence electrons. The molecule has 1 unspecified atom stereocenters. The van der Waals surface area contributed by atoms with E-state index < -0.39 is 6.10 Å². The van der Waals surface area contributed by atoms with E-state index in [0.29, 0.717) is 19.3 Å². The van der Waals surface area contributed by atoms with Crippen molar-refractivity contribution in [3.8, 4) is 0 Å². The van der Waals surface area contributed by atoms with Crippen molar-refractivity contribution in [1.82, 2.24) is 0 Å². The highest BCUT2D eigenvalue weighted by atomic mass is 16.6. The number of ether oxygens (including phenoxy) is 3. The molecule has 0 spiro atoms. The van der Waals surface area contributed by atoms with Gasteiger partial charge in [0.2, 0.25) is 0 Å². The molecule has 0 rings (SSSR count). The fourth-order valence-corrected chi connectivity index (χ4v) is 8.73. The van der Waals surface area contributed by atoms with Crippen molar-refractivity contribution in [3.05, 3.63) is 170 Å². The molecule has 1 atom stereocenters. The van der Waals surface area contributed by atoms with E-state index in [0.717, 1.165) is 116 Å². The van der Waals surface area contributed by atoms with Crippen LogP contribution in [0.4, 0.5) is 0 Å². The van der Waals surface area contributed by atoms with Crippen LogP contribution in [0.1, 0.15) is 278 Å². The van der Waals surface area contributed by atoms with Gasteiger partial charge < -0.3 is 14.2 Å². The van der Waals surface area contributed by atoms with Crippen molar-refractivity contribution in [3.63, 3.8) is 0 Å². The molecule has 0 heterocycles. The van der Waals surface area contributed by atoms with Crippen LogP contribution in [-0.2, 0) is 28.6 Å². The first kappa shape index (κ1) is 77.8. The van der Waals surface area contributed by atoms with Gasteiger partial charge >= 0.3 is 17.9 Å². The first-order chi connectivity index (χ1) is 41.0. The minimum Gasteiger partial charge on any atom is -0.462 e. The lowest BCUT2D eigenvalue weighted by Gasteiger charge is -2.18. The molecule has 0 saturated carbocycles. The molecule has 83 heavy (non-hydrogen) atoms. The van der Waals surface area contributed by atoms with Crippen LogP contribution in [0, 0.1) is 0 Å². The van der Waals surface area contributed by atoms with Crippen LogP contribution in [0.25, 0.3) is 0 Å². The van der Waals surface area contributed by atoms with E-state index in [4.69, 9.17) is 14.2 Å². The predicted octanol–water partition coefficient (Wildman–Crippen LogP) is 23.4. The van der Waals surface area contributed by atoms with Crippen molar-refractivity contribution < 1.29 is 28.6 Å². The summed E-state index contributed by atoms with van der Waals surface area (Å²) in [5.41, 5.74) is 0. The van der Waals surface area contributed by atoms with Gasteiger partial charge in [-0.1, -0.05) is 287 Å². The molecule has 6 nitrogen and oxygen atoms in total. The van der Waals surface area contributed by atoms with Gasteiger partial charge in [0.05, 0.1) is 0 Å². The van der Waals surface area contributed by atoms with Crippen molar-refractivity contribution in [1.29, 1.82) is 0 Å². The molecule has 0 saturated heterocycles. The Balaban J connectivity index is 4.54. The average molecular weight is 1140 g/mol. The van der Waals surface area contributed by atoms with Gasteiger partial charge in [0.15, 0.2) is 6.10 Å². The minimum atomic E-state index is -0.843. The van der Waals surface area contributed by atoms with Gasteiger partial charge in [-0.25, -0.2) is 0 Å². The normalized spacial score (nSPS) is 13.2. The number of rotatable bonds is 59. The van der Waals surface area contributed by atoms with Gasteiger partial charge in [0.1, 0.15) is 13.2 Å². The zero-order chi connectivity index (χ0) is 59.9. The number of esters is 3. The first-order valence-corrected chi connectivity index (χ1v) is 33.6. The number of allylic oxidation sites excluding steroid dienone is 28. The highest BCUT2D eigenvalue weighted by Gasteiger charge is 2.19. The van der Waals surface area contributed by atoms with E-state index in [2.05, 4.69) is 191 Å². The summed E-state index contributed by atoms with van der Waals surface area (Å²) in [6.45, 7) is 6.31. The van der Waals surface area contributed by atoms with E-state index in [9.17, 15) is 14.4 Å². The number of hydrogen-bond donors (Lipinski definition) is 0. The molecular formula is C77H122O6. The third-order valence-corrected chi connectivity index (χ3v) is 13.7. The number of carbonyl (C=O) groups is 3. The maximum atomic E-state index is 12.9. The Morgan fingerprint density at radius 3 is 0.783 bits per heavy atom. The Kier molecular flexibility index (Phi) is 64.9. The highest BCUT2D eigenvalue weighted by Crippen LogP contribution is 2.15. The quantitative estimate of drug-likeness (QED) is 0.0261. The topological polar surface area (TPSA) is 78.9 Å². The fraction of sp³-hybridized carbons (Fsp3) is 0.597. The highest BCUT2D eigenvalue weighted by molar-refractivity contribution is 5.71. The molecule has 0 fully saturated rings. The summed E-state index contributed by atoms with van der Waals surface area (Å²) in [7, 11) is 0. The van der Waals surface area contributed by atoms with E-state index in [-0.39, 0.29) is 44.0 Å². The van der Waals surface area contributed by atoms with Crippen LogP contribution in [0.5, 0.6) is 0 Å². The molecule has 0 bridgehead atoms. The van der Waals surface area contributed by atoms with E-state index >= 15 is 0 Å². The Labute approximate surface area is 511 Å². The molecule has 0 radical (unpaired) electrons. The molecule has 0 aromatic rings. The zero-order valence-electron chi connectivity index (χ0n) is 53.4.